The zero-order chi connectivity index (χ0) is 15.9. The van der Waals surface area contributed by atoms with Crippen LogP contribution in [-0.4, -0.2) is 27.7 Å². The standard InChI is InChI=1S/C16H19N3O2S/c1-3-11(2)17-15(21)10-22-16-18-13(9-14(20)19-16)12-7-5-4-6-8-12/h4-9,11H,3,10H2,1-2H3,(H,17,21)(H,18,19,20). The first-order valence-corrected chi connectivity index (χ1v) is 8.16. The van der Waals surface area contributed by atoms with Crippen molar-refractivity contribution in [3.63, 3.8) is 0 Å². The van der Waals surface area contributed by atoms with Crippen LogP contribution in [0.2, 0.25) is 0 Å². The molecule has 0 radical (unpaired) electrons. The average molecular weight is 317 g/mol. The summed E-state index contributed by atoms with van der Waals surface area (Å²) in [5.41, 5.74) is 1.26. The number of hydrogen-bond donors (Lipinski definition) is 2. The maximum absolute atomic E-state index is 11.8. The number of nitrogens with one attached hydrogen (secondary N) is 2. The monoisotopic (exact) mass is 317 g/mol. The molecule has 0 aliphatic heterocycles. The second-order valence-corrected chi connectivity index (χ2v) is 5.93. The van der Waals surface area contributed by atoms with Crippen molar-refractivity contribution in [3.8, 4) is 11.3 Å². The van der Waals surface area contributed by atoms with E-state index in [1.165, 1.54) is 17.8 Å². The van der Waals surface area contributed by atoms with Gasteiger partial charge in [-0.2, -0.15) is 0 Å². The Morgan fingerprint density at radius 1 is 1.36 bits per heavy atom. The third-order valence-corrected chi connectivity index (χ3v) is 4.02. The fourth-order valence-electron chi connectivity index (χ4n) is 1.81. The van der Waals surface area contributed by atoms with E-state index in [4.69, 9.17) is 0 Å². The van der Waals surface area contributed by atoms with E-state index in [1.807, 2.05) is 44.2 Å². The molecule has 1 aromatic carbocycles. The number of carbonyl (C=O) groups excluding carboxylic acids is 1. The van der Waals surface area contributed by atoms with Gasteiger partial charge in [0.05, 0.1) is 11.4 Å². The first kappa shape index (κ1) is 16.3. The van der Waals surface area contributed by atoms with Crippen molar-refractivity contribution in [1.29, 1.82) is 0 Å². The Morgan fingerprint density at radius 3 is 2.77 bits per heavy atom. The lowest BCUT2D eigenvalue weighted by Crippen LogP contribution is -2.33. The van der Waals surface area contributed by atoms with Crippen LogP contribution in [0.5, 0.6) is 0 Å². The molecule has 6 heteroatoms. The third-order valence-electron chi connectivity index (χ3n) is 3.15. The van der Waals surface area contributed by atoms with Crippen LogP contribution < -0.4 is 10.9 Å². The normalized spacial score (nSPS) is 11.9. The van der Waals surface area contributed by atoms with Crippen LogP contribution in [0.3, 0.4) is 0 Å². The number of carbonyl (C=O) groups is 1. The van der Waals surface area contributed by atoms with Crippen molar-refractivity contribution in [3.05, 3.63) is 46.8 Å². The molecule has 2 aromatic rings. The number of rotatable bonds is 6. The summed E-state index contributed by atoms with van der Waals surface area (Å²) in [5, 5.41) is 3.33. The van der Waals surface area contributed by atoms with Gasteiger partial charge in [0.15, 0.2) is 5.16 Å². The van der Waals surface area contributed by atoms with Crippen LogP contribution in [0.4, 0.5) is 0 Å². The van der Waals surface area contributed by atoms with E-state index in [0.29, 0.717) is 10.9 Å². The number of hydrogen-bond acceptors (Lipinski definition) is 4. The summed E-state index contributed by atoms with van der Waals surface area (Å²) in [7, 11) is 0. The summed E-state index contributed by atoms with van der Waals surface area (Å²) in [6.07, 6.45) is 0.884. The number of thioether (sulfide) groups is 1. The summed E-state index contributed by atoms with van der Waals surface area (Å²) in [5.74, 6) is 0.165. The summed E-state index contributed by atoms with van der Waals surface area (Å²) in [4.78, 5) is 30.6. The molecular formula is C16H19N3O2S. The van der Waals surface area contributed by atoms with Gasteiger partial charge >= 0.3 is 0 Å². The summed E-state index contributed by atoms with van der Waals surface area (Å²) < 4.78 is 0. The molecular weight excluding hydrogens is 298 g/mol. The van der Waals surface area contributed by atoms with E-state index >= 15 is 0 Å². The SMILES string of the molecule is CCC(C)NC(=O)CSc1nc(-c2ccccc2)cc(=O)[nH]1. The molecule has 0 aliphatic carbocycles. The molecule has 1 unspecified atom stereocenters. The predicted octanol–water partition coefficient (Wildman–Crippen LogP) is 2.44. The van der Waals surface area contributed by atoms with E-state index in [2.05, 4.69) is 15.3 Å². The zero-order valence-electron chi connectivity index (χ0n) is 12.6. The lowest BCUT2D eigenvalue weighted by Gasteiger charge is -2.10. The number of H-pyrrole nitrogens is 1. The van der Waals surface area contributed by atoms with E-state index in [0.717, 1.165) is 12.0 Å². The van der Waals surface area contributed by atoms with Gasteiger partial charge in [0.1, 0.15) is 0 Å². The van der Waals surface area contributed by atoms with Gasteiger partial charge in [0.2, 0.25) is 5.91 Å². The molecule has 1 amide bonds. The van der Waals surface area contributed by atoms with E-state index in [-0.39, 0.29) is 23.3 Å². The lowest BCUT2D eigenvalue weighted by molar-refractivity contribution is -0.119. The Balaban J connectivity index is 2.08. The highest BCUT2D eigenvalue weighted by Crippen LogP contribution is 2.18. The molecule has 5 nitrogen and oxygen atoms in total. The minimum Gasteiger partial charge on any atom is -0.353 e. The number of aromatic nitrogens is 2. The highest BCUT2D eigenvalue weighted by atomic mass is 32.2. The molecule has 0 saturated carbocycles. The van der Waals surface area contributed by atoms with Crippen LogP contribution in [0, 0.1) is 0 Å². The predicted molar refractivity (Wildman–Crippen MR) is 88.9 cm³/mol. The molecule has 116 valence electrons. The minimum absolute atomic E-state index is 0.0629. The van der Waals surface area contributed by atoms with Gasteiger partial charge in [-0.1, -0.05) is 49.0 Å². The van der Waals surface area contributed by atoms with Crippen LogP contribution in [0.25, 0.3) is 11.3 Å². The summed E-state index contributed by atoms with van der Waals surface area (Å²) >= 11 is 1.23. The smallest absolute Gasteiger partial charge is 0.252 e. The van der Waals surface area contributed by atoms with Crippen molar-refractivity contribution >= 4 is 17.7 Å². The lowest BCUT2D eigenvalue weighted by atomic mass is 10.1. The summed E-state index contributed by atoms with van der Waals surface area (Å²) in [6.45, 7) is 3.97. The molecule has 2 rings (SSSR count). The van der Waals surface area contributed by atoms with Gasteiger partial charge in [-0.05, 0) is 13.3 Å². The number of nitrogens with zero attached hydrogens (tertiary/aromatic N) is 1. The van der Waals surface area contributed by atoms with Gasteiger partial charge < -0.3 is 10.3 Å². The number of amides is 1. The fraction of sp³-hybridized carbons (Fsp3) is 0.312. The van der Waals surface area contributed by atoms with Gasteiger partial charge in [-0.15, -0.1) is 0 Å². The third kappa shape index (κ3) is 4.73. The maximum Gasteiger partial charge on any atom is 0.252 e. The Morgan fingerprint density at radius 2 is 2.09 bits per heavy atom. The van der Waals surface area contributed by atoms with Crippen molar-refractivity contribution in [2.45, 2.75) is 31.5 Å². The highest BCUT2D eigenvalue weighted by molar-refractivity contribution is 7.99. The molecule has 0 bridgehead atoms. The molecule has 22 heavy (non-hydrogen) atoms. The Hall–Kier alpha value is -2.08. The van der Waals surface area contributed by atoms with E-state index < -0.39 is 0 Å². The summed E-state index contributed by atoms with van der Waals surface area (Å²) in [6, 6.07) is 11.1. The van der Waals surface area contributed by atoms with Gasteiger partial charge in [0.25, 0.3) is 5.56 Å². The number of benzene rings is 1. The Labute approximate surface area is 133 Å². The molecule has 1 aromatic heterocycles. The van der Waals surface area contributed by atoms with Gasteiger partial charge in [-0.3, -0.25) is 9.59 Å². The Kier molecular flexibility index (Phi) is 5.77. The van der Waals surface area contributed by atoms with Crippen molar-refractivity contribution in [2.24, 2.45) is 0 Å². The second kappa shape index (κ2) is 7.79. The van der Waals surface area contributed by atoms with Crippen molar-refractivity contribution < 1.29 is 4.79 Å². The van der Waals surface area contributed by atoms with Crippen LogP contribution in [-0.2, 0) is 4.79 Å². The van der Waals surface area contributed by atoms with Gasteiger partial charge in [0, 0.05) is 17.7 Å². The fourth-order valence-corrected chi connectivity index (χ4v) is 2.50. The molecule has 1 atom stereocenters. The maximum atomic E-state index is 11.8. The quantitative estimate of drug-likeness (QED) is 0.634. The Bertz CT molecular complexity index is 685. The first-order valence-electron chi connectivity index (χ1n) is 7.17. The van der Waals surface area contributed by atoms with Gasteiger partial charge in [-0.25, -0.2) is 4.98 Å². The molecule has 0 aliphatic rings. The van der Waals surface area contributed by atoms with Crippen LogP contribution >= 0.6 is 11.8 Å². The minimum atomic E-state index is -0.223. The highest BCUT2D eigenvalue weighted by Gasteiger charge is 2.09. The first-order chi connectivity index (χ1) is 10.6. The topological polar surface area (TPSA) is 74.8 Å². The van der Waals surface area contributed by atoms with Crippen LogP contribution in [0.1, 0.15) is 20.3 Å². The average Bonchev–Trinajstić information content (AvgIpc) is 2.53. The second-order valence-electron chi connectivity index (χ2n) is 4.97. The zero-order valence-corrected chi connectivity index (χ0v) is 13.4. The number of aromatic amines is 1. The van der Waals surface area contributed by atoms with Crippen molar-refractivity contribution in [1.82, 2.24) is 15.3 Å². The molecule has 1 heterocycles. The van der Waals surface area contributed by atoms with Crippen molar-refractivity contribution in [2.75, 3.05) is 5.75 Å². The molecule has 2 N–H and O–H groups in total. The van der Waals surface area contributed by atoms with E-state index in [1.54, 1.807) is 0 Å². The largest absolute Gasteiger partial charge is 0.353 e. The molecule has 0 spiro atoms. The van der Waals surface area contributed by atoms with E-state index in [9.17, 15) is 9.59 Å². The van der Waals surface area contributed by atoms with Crippen LogP contribution in [0.15, 0.2) is 46.3 Å². The molecule has 0 fully saturated rings. The molecule has 0 saturated heterocycles.